The number of amides is 1. The van der Waals surface area contributed by atoms with E-state index in [4.69, 9.17) is 9.47 Å². The predicted octanol–water partition coefficient (Wildman–Crippen LogP) is 2.51. The van der Waals surface area contributed by atoms with Crippen molar-refractivity contribution in [3.05, 3.63) is 65.2 Å². The van der Waals surface area contributed by atoms with Gasteiger partial charge in [-0.1, -0.05) is 36.4 Å². The number of carbonyl (C=O) groups is 3. The summed E-state index contributed by atoms with van der Waals surface area (Å²) >= 11 is 0. The zero-order valence-electron chi connectivity index (χ0n) is 14.6. The average Bonchev–Trinajstić information content (AvgIpc) is 2.77. The van der Waals surface area contributed by atoms with Crippen LogP contribution < -0.4 is 4.90 Å². The molecule has 0 aliphatic carbocycles. The van der Waals surface area contributed by atoms with Crippen LogP contribution >= 0.6 is 0 Å². The van der Waals surface area contributed by atoms with E-state index in [2.05, 4.69) is 0 Å². The Morgan fingerprint density at radius 3 is 2.23 bits per heavy atom. The first-order valence-corrected chi connectivity index (χ1v) is 8.20. The van der Waals surface area contributed by atoms with E-state index < -0.39 is 5.97 Å². The molecule has 0 spiro atoms. The molecule has 134 valence electrons. The van der Waals surface area contributed by atoms with Gasteiger partial charge >= 0.3 is 11.9 Å². The van der Waals surface area contributed by atoms with Crippen molar-refractivity contribution >= 4 is 23.5 Å². The normalized spacial score (nSPS) is 15.5. The molecule has 1 amide bonds. The van der Waals surface area contributed by atoms with Crippen LogP contribution in [0, 0.1) is 0 Å². The third kappa shape index (κ3) is 3.18. The molecule has 3 rings (SSSR count). The van der Waals surface area contributed by atoms with Gasteiger partial charge in [-0.2, -0.15) is 0 Å². The number of esters is 2. The number of para-hydroxylation sites is 1. The first kappa shape index (κ1) is 17.7. The molecule has 0 saturated heterocycles. The molecule has 0 fully saturated rings. The molecule has 0 bridgehead atoms. The van der Waals surface area contributed by atoms with Gasteiger partial charge in [0.15, 0.2) is 0 Å². The van der Waals surface area contributed by atoms with Crippen molar-refractivity contribution in [2.24, 2.45) is 0 Å². The fourth-order valence-electron chi connectivity index (χ4n) is 3.27. The van der Waals surface area contributed by atoms with Crippen LogP contribution in [0.4, 0.5) is 5.69 Å². The lowest BCUT2D eigenvalue weighted by Gasteiger charge is -2.23. The molecule has 0 saturated carbocycles. The maximum absolute atomic E-state index is 13.2. The number of methoxy groups -OCH3 is 2. The topological polar surface area (TPSA) is 72.9 Å². The van der Waals surface area contributed by atoms with Crippen LogP contribution in [0.15, 0.2) is 48.5 Å². The number of ether oxygens (including phenoxy) is 2. The van der Waals surface area contributed by atoms with Crippen LogP contribution in [0.3, 0.4) is 0 Å². The zero-order valence-corrected chi connectivity index (χ0v) is 14.6. The Bertz CT molecular complexity index is 861. The second-order valence-electron chi connectivity index (χ2n) is 5.95. The summed E-state index contributed by atoms with van der Waals surface area (Å²) in [6.45, 7) is -0.203. The largest absolute Gasteiger partial charge is 0.469 e. The van der Waals surface area contributed by atoms with Gasteiger partial charge in [-0.05, 0) is 23.3 Å². The van der Waals surface area contributed by atoms with Crippen LogP contribution in [0.25, 0.3) is 0 Å². The van der Waals surface area contributed by atoms with Gasteiger partial charge in [-0.3, -0.25) is 19.3 Å². The average molecular weight is 353 g/mol. The summed E-state index contributed by atoms with van der Waals surface area (Å²) in [5, 5.41) is 0. The smallest absolute Gasteiger partial charge is 0.325 e. The molecular weight excluding hydrogens is 334 g/mol. The van der Waals surface area contributed by atoms with E-state index in [-0.39, 0.29) is 30.8 Å². The molecule has 6 heteroatoms. The van der Waals surface area contributed by atoms with Crippen LogP contribution in [0.5, 0.6) is 0 Å². The molecule has 1 aliphatic rings. The van der Waals surface area contributed by atoms with E-state index in [1.807, 2.05) is 24.3 Å². The lowest BCUT2D eigenvalue weighted by atomic mass is 9.86. The highest BCUT2D eigenvalue weighted by atomic mass is 16.5. The van der Waals surface area contributed by atoms with E-state index in [0.717, 1.165) is 11.1 Å². The van der Waals surface area contributed by atoms with Crippen molar-refractivity contribution in [1.29, 1.82) is 0 Å². The number of hydrogen-bond acceptors (Lipinski definition) is 5. The number of fused-ring (bicyclic) bond motifs is 2. The molecule has 1 heterocycles. The molecule has 1 unspecified atom stereocenters. The molecule has 2 aromatic rings. The molecule has 6 nitrogen and oxygen atoms in total. The Kier molecular flexibility index (Phi) is 5.02. The quantitative estimate of drug-likeness (QED) is 0.790. The maximum atomic E-state index is 13.2. The van der Waals surface area contributed by atoms with E-state index in [1.54, 1.807) is 24.3 Å². The fraction of sp³-hybridized carbons (Fsp3) is 0.250. The summed E-state index contributed by atoms with van der Waals surface area (Å²) in [5.41, 5.74) is 2.58. The molecule has 1 atom stereocenters. The standard InChI is InChI=1S/C20H19NO5/c1-25-18(22)11-16-13-7-3-4-9-15(13)20(24)21(12-19(23)26-2)17-10-6-5-8-14(16)17/h3-10,16H,11-12H2,1-2H3. The number of benzene rings is 2. The second-order valence-corrected chi connectivity index (χ2v) is 5.95. The summed E-state index contributed by atoms with van der Waals surface area (Å²) in [4.78, 5) is 38.4. The molecule has 0 aromatic heterocycles. The lowest BCUT2D eigenvalue weighted by Crippen LogP contribution is -2.36. The number of anilines is 1. The third-order valence-electron chi connectivity index (χ3n) is 4.53. The zero-order chi connectivity index (χ0) is 18.7. The first-order chi connectivity index (χ1) is 12.6. The second kappa shape index (κ2) is 7.39. The molecule has 0 radical (unpaired) electrons. The monoisotopic (exact) mass is 353 g/mol. The van der Waals surface area contributed by atoms with E-state index in [9.17, 15) is 14.4 Å². The molecule has 0 N–H and O–H groups in total. The summed E-state index contributed by atoms with van der Waals surface area (Å²) in [7, 11) is 2.62. The van der Waals surface area contributed by atoms with Crippen molar-refractivity contribution in [1.82, 2.24) is 0 Å². The van der Waals surface area contributed by atoms with Crippen molar-refractivity contribution in [2.45, 2.75) is 12.3 Å². The Morgan fingerprint density at radius 2 is 1.54 bits per heavy atom. The highest BCUT2D eigenvalue weighted by Gasteiger charge is 2.34. The highest BCUT2D eigenvalue weighted by molar-refractivity contribution is 6.11. The minimum absolute atomic E-state index is 0.101. The summed E-state index contributed by atoms with van der Waals surface area (Å²) in [6.07, 6.45) is 0.101. The van der Waals surface area contributed by atoms with E-state index in [1.165, 1.54) is 19.1 Å². The Hall–Kier alpha value is -3.15. The SMILES string of the molecule is COC(=O)CC1c2ccccc2C(=O)N(CC(=O)OC)c2ccccc21. The van der Waals surface area contributed by atoms with Gasteiger partial charge in [0.1, 0.15) is 6.54 Å². The number of rotatable bonds is 4. The van der Waals surface area contributed by atoms with E-state index in [0.29, 0.717) is 11.3 Å². The first-order valence-electron chi connectivity index (χ1n) is 8.20. The van der Waals surface area contributed by atoms with Crippen LogP contribution in [0.1, 0.15) is 33.8 Å². The van der Waals surface area contributed by atoms with Gasteiger partial charge in [0.2, 0.25) is 0 Å². The minimum Gasteiger partial charge on any atom is -0.469 e. The van der Waals surface area contributed by atoms with Gasteiger partial charge in [-0.25, -0.2) is 0 Å². The van der Waals surface area contributed by atoms with Gasteiger partial charge in [0, 0.05) is 17.2 Å². The predicted molar refractivity (Wildman–Crippen MR) is 95.1 cm³/mol. The van der Waals surface area contributed by atoms with E-state index >= 15 is 0 Å². The van der Waals surface area contributed by atoms with Crippen molar-refractivity contribution in [2.75, 3.05) is 25.7 Å². The number of carbonyl (C=O) groups excluding carboxylic acids is 3. The van der Waals surface area contributed by atoms with Crippen LogP contribution in [-0.2, 0) is 19.1 Å². The third-order valence-corrected chi connectivity index (χ3v) is 4.53. The van der Waals surface area contributed by atoms with Gasteiger partial charge < -0.3 is 9.47 Å². The fourth-order valence-corrected chi connectivity index (χ4v) is 3.27. The lowest BCUT2D eigenvalue weighted by molar-refractivity contribution is -0.141. The number of nitrogens with zero attached hydrogens (tertiary/aromatic N) is 1. The Labute approximate surface area is 151 Å². The van der Waals surface area contributed by atoms with Crippen molar-refractivity contribution in [3.8, 4) is 0 Å². The van der Waals surface area contributed by atoms with Crippen LogP contribution in [-0.4, -0.2) is 38.6 Å². The van der Waals surface area contributed by atoms with Crippen molar-refractivity contribution < 1.29 is 23.9 Å². The highest BCUT2D eigenvalue weighted by Crippen LogP contribution is 2.40. The minimum atomic E-state index is -0.517. The molecule has 26 heavy (non-hydrogen) atoms. The Balaban J connectivity index is 2.20. The van der Waals surface area contributed by atoms with Gasteiger partial charge in [0.05, 0.1) is 20.6 Å². The molecule has 2 aromatic carbocycles. The summed E-state index contributed by atoms with van der Waals surface area (Å²) < 4.78 is 9.59. The summed E-state index contributed by atoms with van der Waals surface area (Å²) in [6, 6.07) is 14.4. The van der Waals surface area contributed by atoms with Crippen LogP contribution in [0.2, 0.25) is 0 Å². The molecular formula is C20H19NO5. The van der Waals surface area contributed by atoms with Gasteiger partial charge in [0.25, 0.3) is 5.91 Å². The maximum Gasteiger partial charge on any atom is 0.325 e. The summed E-state index contributed by atoms with van der Waals surface area (Å²) in [5.74, 6) is -1.53. The van der Waals surface area contributed by atoms with Gasteiger partial charge in [-0.15, -0.1) is 0 Å². The number of hydrogen-bond donors (Lipinski definition) is 0. The Morgan fingerprint density at radius 1 is 0.923 bits per heavy atom. The molecule has 1 aliphatic heterocycles. The van der Waals surface area contributed by atoms with Crippen molar-refractivity contribution in [3.63, 3.8) is 0 Å².